The lowest BCUT2D eigenvalue weighted by atomic mass is 10.2. The highest BCUT2D eigenvalue weighted by Crippen LogP contribution is 2.26. The summed E-state index contributed by atoms with van der Waals surface area (Å²) in [6, 6.07) is 22.7. The number of hydrogen-bond donors (Lipinski definition) is 0. The van der Waals surface area contributed by atoms with E-state index in [2.05, 4.69) is 47.4 Å². The van der Waals surface area contributed by atoms with Crippen LogP contribution in [0, 0.1) is 0 Å². The van der Waals surface area contributed by atoms with Gasteiger partial charge in [0.2, 0.25) is 0 Å². The molecule has 2 heterocycles. The smallest absolute Gasteiger partial charge is 0.161 e. The molecule has 26 heavy (non-hydrogen) atoms. The van der Waals surface area contributed by atoms with Gasteiger partial charge in [0, 0.05) is 35.4 Å². The molecule has 1 aliphatic heterocycles. The van der Waals surface area contributed by atoms with Gasteiger partial charge in [-0.25, -0.2) is 9.97 Å². The highest BCUT2D eigenvalue weighted by Gasteiger charge is 2.15. The van der Waals surface area contributed by atoms with E-state index in [0.29, 0.717) is 0 Å². The maximum Gasteiger partial charge on any atom is 0.161 e. The number of hydrogen-bond acceptors (Lipinski definition) is 5. The Hall–Kier alpha value is -2.37. The molecule has 0 bridgehead atoms. The molecule has 5 heteroatoms. The van der Waals surface area contributed by atoms with Crippen LogP contribution < -0.4 is 4.90 Å². The maximum absolute atomic E-state index is 5.48. The molecule has 1 aliphatic rings. The van der Waals surface area contributed by atoms with Crippen molar-refractivity contribution < 1.29 is 4.74 Å². The Morgan fingerprint density at radius 3 is 2.31 bits per heavy atom. The topological polar surface area (TPSA) is 38.2 Å². The Kier molecular flexibility index (Phi) is 5.47. The van der Waals surface area contributed by atoms with E-state index >= 15 is 0 Å². The zero-order valence-electron chi connectivity index (χ0n) is 14.5. The number of nitrogens with zero attached hydrogens (tertiary/aromatic N) is 3. The van der Waals surface area contributed by atoms with Crippen LogP contribution in [0.2, 0.25) is 0 Å². The van der Waals surface area contributed by atoms with E-state index in [-0.39, 0.29) is 0 Å². The lowest BCUT2D eigenvalue weighted by molar-refractivity contribution is 0.122. The lowest BCUT2D eigenvalue weighted by Crippen LogP contribution is -2.37. The standard InChI is InChI=1S/C21H21N3OS/c1-3-7-17(8-4-1)21-22-18(16-26-19-9-5-2-6-10-19)15-20(23-21)24-11-13-25-14-12-24/h1-10,15H,11-14,16H2. The minimum atomic E-state index is 0.749. The number of anilines is 1. The molecule has 0 amide bonds. The monoisotopic (exact) mass is 363 g/mol. The minimum absolute atomic E-state index is 0.749. The average Bonchev–Trinajstić information content (AvgIpc) is 2.74. The fourth-order valence-corrected chi connectivity index (χ4v) is 3.71. The van der Waals surface area contributed by atoms with E-state index in [1.807, 2.05) is 24.3 Å². The SMILES string of the molecule is c1ccc(SCc2cc(N3CCOCC3)nc(-c3ccccc3)n2)cc1. The molecule has 1 fully saturated rings. The van der Waals surface area contributed by atoms with Gasteiger partial charge >= 0.3 is 0 Å². The molecule has 0 atom stereocenters. The first-order valence-electron chi connectivity index (χ1n) is 8.82. The van der Waals surface area contributed by atoms with Crippen LogP contribution in [0.1, 0.15) is 5.69 Å². The van der Waals surface area contributed by atoms with Gasteiger partial charge in [-0.1, -0.05) is 48.5 Å². The summed E-state index contributed by atoms with van der Waals surface area (Å²) in [6.07, 6.45) is 0. The molecular weight excluding hydrogens is 342 g/mol. The summed E-state index contributed by atoms with van der Waals surface area (Å²) in [4.78, 5) is 13.2. The Morgan fingerprint density at radius 1 is 0.885 bits per heavy atom. The van der Waals surface area contributed by atoms with Gasteiger partial charge in [-0.3, -0.25) is 0 Å². The molecule has 1 saturated heterocycles. The van der Waals surface area contributed by atoms with Crippen LogP contribution >= 0.6 is 11.8 Å². The number of aromatic nitrogens is 2. The van der Waals surface area contributed by atoms with E-state index in [9.17, 15) is 0 Å². The van der Waals surface area contributed by atoms with Crippen LogP contribution in [-0.2, 0) is 10.5 Å². The third-order valence-electron chi connectivity index (χ3n) is 4.26. The summed E-state index contributed by atoms with van der Waals surface area (Å²) in [5, 5.41) is 0. The highest BCUT2D eigenvalue weighted by molar-refractivity contribution is 7.98. The van der Waals surface area contributed by atoms with Crippen molar-refractivity contribution in [3.05, 3.63) is 72.4 Å². The van der Waals surface area contributed by atoms with Gasteiger partial charge in [-0.15, -0.1) is 11.8 Å². The first kappa shape index (κ1) is 17.1. The van der Waals surface area contributed by atoms with Crippen molar-refractivity contribution in [1.82, 2.24) is 9.97 Å². The summed E-state index contributed by atoms with van der Waals surface area (Å²) in [6.45, 7) is 3.24. The van der Waals surface area contributed by atoms with Crippen LogP contribution in [-0.4, -0.2) is 36.3 Å². The Bertz CT molecular complexity index is 836. The van der Waals surface area contributed by atoms with Crippen molar-refractivity contribution in [1.29, 1.82) is 0 Å². The van der Waals surface area contributed by atoms with Crippen molar-refractivity contribution in [3.8, 4) is 11.4 Å². The Morgan fingerprint density at radius 2 is 1.58 bits per heavy atom. The summed E-state index contributed by atoms with van der Waals surface area (Å²) >= 11 is 1.80. The molecule has 132 valence electrons. The molecule has 0 spiro atoms. The Balaban J connectivity index is 1.63. The summed E-state index contributed by atoms with van der Waals surface area (Å²) in [5.74, 6) is 2.60. The molecule has 3 aromatic rings. The fraction of sp³-hybridized carbons (Fsp3) is 0.238. The number of benzene rings is 2. The van der Waals surface area contributed by atoms with Crippen LogP contribution in [0.4, 0.5) is 5.82 Å². The van der Waals surface area contributed by atoms with Gasteiger partial charge in [0.05, 0.1) is 18.9 Å². The van der Waals surface area contributed by atoms with Crippen LogP contribution in [0.25, 0.3) is 11.4 Å². The molecule has 0 N–H and O–H groups in total. The van der Waals surface area contributed by atoms with Crippen LogP contribution in [0.15, 0.2) is 71.6 Å². The molecule has 4 nitrogen and oxygen atoms in total. The molecule has 0 radical (unpaired) electrons. The number of rotatable bonds is 5. The van der Waals surface area contributed by atoms with Crippen molar-refractivity contribution in [2.45, 2.75) is 10.6 Å². The second-order valence-corrected chi connectivity index (χ2v) is 7.16. The van der Waals surface area contributed by atoms with Crippen molar-refractivity contribution in [3.63, 3.8) is 0 Å². The molecule has 0 unspecified atom stereocenters. The van der Waals surface area contributed by atoms with Gasteiger partial charge in [0.15, 0.2) is 5.82 Å². The van der Waals surface area contributed by atoms with Crippen molar-refractivity contribution >= 4 is 17.6 Å². The minimum Gasteiger partial charge on any atom is -0.378 e. The van der Waals surface area contributed by atoms with Crippen molar-refractivity contribution in [2.75, 3.05) is 31.2 Å². The first-order chi connectivity index (χ1) is 12.9. The number of ether oxygens (including phenoxy) is 1. The van der Waals surface area contributed by atoms with Crippen LogP contribution in [0.5, 0.6) is 0 Å². The molecule has 4 rings (SSSR count). The second kappa shape index (κ2) is 8.34. The van der Waals surface area contributed by atoms with Gasteiger partial charge in [-0.05, 0) is 12.1 Å². The van der Waals surface area contributed by atoms with E-state index in [1.165, 1.54) is 4.90 Å². The number of thioether (sulfide) groups is 1. The van der Waals surface area contributed by atoms with E-state index in [4.69, 9.17) is 14.7 Å². The quantitative estimate of drug-likeness (QED) is 0.633. The van der Waals surface area contributed by atoms with E-state index in [0.717, 1.165) is 55.0 Å². The summed E-state index contributed by atoms with van der Waals surface area (Å²) < 4.78 is 5.48. The highest BCUT2D eigenvalue weighted by atomic mass is 32.2. The molecule has 0 aliphatic carbocycles. The van der Waals surface area contributed by atoms with Gasteiger partial charge in [-0.2, -0.15) is 0 Å². The molecular formula is C21H21N3OS. The molecule has 2 aromatic carbocycles. The second-order valence-electron chi connectivity index (χ2n) is 6.11. The van der Waals surface area contributed by atoms with E-state index in [1.54, 1.807) is 11.8 Å². The predicted molar refractivity (Wildman–Crippen MR) is 107 cm³/mol. The summed E-state index contributed by atoms with van der Waals surface area (Å²) in [5.41, 5.74) is 2.10. The average molecular weight is 363 g/mol. The third kappa shape index (κ3) is 4.23. The first-order valence-corrected chi connectivity index (χ1v) is 9.81. The van der Waals surface area contributed by atoms with Gasteiger partial charge < -0.3 is 9.64 Å². The lowest BCUT2D eigenvalue weighted by Gasteiger charge is -2.28. The zero-order valence-corrected chi connectivity index (χ0v) is 15.4. The third-order valence-corrected chi connectivity index (χ3v) is 5.31. The largest absolute Gasteiger partial charge is 0.378 e. The Labute approximate surface area is 158 Å². The maximum atomic E-state index is 5.48. The van der Waals surface area contributed by atoms with Crippen molar-refractivity contribution in [2.24, 2.45) is 0 Å². The predicted octanol–water partition coefficient (Wildman–Crippen LogP) is 4.27. The van der Waals surface area contributed by atoms with Gasteiger partial charge in [0.1, 0.15) is 5.82 Å². The molecule has 1 aromatic heterocycles. The number of morpholine rings is 1. The van der Waals surface area contributed by atoms with E-state index < -0.39 is 0 Å². The van der Waals surface area contributed by atoms with Gasteiger partial charge in [0.25, 0.3) is 0 Å². The van der Waals surface area contributed by atoms with Crippen LogP contribution in [0.3, 0.4) is 0 Å². The normalized spacial score (nSPS) is 14.4. The zero-order chi connectivity index (χ0) is 17.6. The summed E-state index contributed by atoms with van der Waals surface area (Å²) in [7, 11) is 0. The molecule has 0 saturated carbocycles. The fourth-order valence-electron chi connectivity index (χ4n) is 2.90.